The number of hydrogen-bond acceptors (Lipinski definition) is 6. The van der Waals surface area contributed by atoms with Crippen LogP contribution in [0.25, 0.3) is 0 Å². The van der Waals surface area contributed by atoms with Crippen molar-refractivity contribution < 1.29 is 27.5 Å². The summed E-state index contributed by atoms with van der Waals surface area (Å²) < 4.78 is 38.0. The maximum atomic E-state index is 12.7. The molecule has 0 heterocycles. The predicted molar refractivity (Wildman–Crippen MR) is 99.1 cm³/mol. The molecule has 0 radical (unpaired) electrons. The summed E-state index contributed by atoms with van der Waals surface area (Å²) in [7, 11) is -1.82. The monoisotopic (exact) mass is 475 g/mol. The number of sulfonamides is 1. The summed E-state index contributed by atoms with van der Waals surface area (Å²) in [5, 5.41) is 0. The molecule has 25 heavy (non-hydrogen) atoms. The Morgan fingerprint density at radius 1 is 0.960 bits per heavy atom. The van der Waals surface area contributed by atoms with Gasteiger partial charge in [0.2, 0.25) is 0 Å². The molecule has 0 aromatic heterocycles. The Balaban J connectivity index is 2.54. The molecule has 0 bridgehead atoms. The fourth-order valence-electron chi connectivity index (χ4n) is 2.00. The summed E-state index contributed by atoms with van der Waals surface area (Å²) in [6, 6.07) is 10.2. The Morgan fingerprint density at radius 3 is 2.12 bits per heavy atom. The van der Waals surface area contributed by atoms with Crippen LogP contribution < -0.4 is 4.72 Å². The predicted octanol–water partition coefficient (Wildman–Crippen LogP) is 2.67. The lowest BCUT2D eigenvalue weighted by Crippen LogP contribution is -2.18. The normalized spacial score (nSPS) is 10.8. The van der Waals surface area contributed by atoms with Gasteiger partial charge in [-0.15, -0.1) is 0 Å². The van der Waals surface area contributed by atoms with E-state index in [1.54, 1.807) is 24.3 Å². The Bertz CT molecular complexity index is 909. The summed E-state index contributed by atoms with van der Waals surface area (Å²) in [5.74, 6) is -1.55. The van der Waals surface area contributed by atoms with Crippen molar-refractivity contribution in [3.63, 3.8) is 0 Å². The fraction of sp³-hybridized carbons (Fsp3) is 0.125. The number of ether oxygens (including phenoxy) is 2. The smallest absolute Gasteiger partial charge is 0.339 e. The number of esters is 2. The van der Waals surface area contributed by atoms with E-state index >= 15 is 0 Å². The molecule has 0 fully saturated rings. The highest BCUT2D eigenvalue weighted by Crippen LogP contribution is 2.23. The van der Waals surface area contributed by atoms with Crippen LogP contribution in [-0.2, 0) is 19.5 Å². The molecule has 0 atom stereocenters. The second-order valence-corrected chi connectivity index (χ2v) is 7.70. The van der Waals surface area contributed by atoms with Crippen molar-refractivity contribution >= 4 is 50.2 Å². The fourth-order valence-corrected chi connectivity index (χ4v) is 3.64. The van der Waals surface area contributed by atoms with Gasteiger partial charge in [-0.3, -0.25) is 4.72 Å². The third-order valence-electron chi connectivity index (χ3n) is 3.19. The lowest BCUT2D eigenvalue weighted by molar-refractivity contribution is 0.0583. The lowest BCUT2D eigenvalue weighted by Gasteiger charge is -2.12. The molecule has 0 saturated carbocycles. The van der Waals surface area contributed by atoms with Crippen LogP contribution in [0.15, 0.2) is 47.4 Å². The molecule has 0 spiro atoms. The Kier molecular flexibility index (Phi) is 6.01. The molecule has 0 unspecified atom stereocenters. The molecule has 7 nitrogen and oxygen atoms in total. The third kappa shape index (κ3) is 4.48. The van der Waals surface area contributed by atoms with Gasteiger partial charge in [0, 0.05) is 9.26 Å². The van der Waals surface area contributed by atoms with E-state index in [-0.39, 0.29) is 16.0 Å². The zero-order valence-corrected chi connectivity index (χ0v) is 16.3. The van der Waals surface area contributed by atoms with Crippen LogP contribution in [0, 0.1) is 3.57 Å². The Hall–Kier alpha value is -2.14. The first-order valence-corrected chi connectivity index (χ1v) is 9.43. The van der Waals surface area contributed by atoms with Gasteiger partial charge in [-0.2, -0.15) is 0 Å². The standard InChI is InChI=1S/C16H14INO6S/c1-23-15(19)10-3-8-13(16(20)24-2)14(9-10)25(21,22)18-12-6-4-11(17)5-7-12/h3-9,18H,1-2H3. The molecular weight excluding hydrogens is 461 g/mol. The number of hydrogen-bond donors (Lipinski definition) is 1. The van der Waals surface area contributed by atoms with E-state index in [0.29, 0.717) is 5.69 Å². The number of nitrogens with one attached hydrogen (secondary N) is 1. The topological polar surface area (TPSA) is 98.8 Å². The summed E-state index contributed by atoms with van der Waals surface area (Å²) in [6.45, 7) is 0. The second-order valence-electron chi connectivity index (χ2n) is 4.81. The molecule has 0 aliphatic carbocycles. The first-order valence-electron chi connectivity index (χ1n) is 6.87. The van der Waals surface area contributed by atoms with Crippen LogP contribution in [-0.4, -0.2) is 34.6 Å². The van der Waals surface area contributed by atoms with Gasteiger partial charge in [-0.1, -0.05) is 0 Å². The highest BCUT2D eigenvalue weighted by Gasteiger charge is 2.25. The van der Waals surface area contributed by atoms with Gasteiger partial charge >= 0.3 is 11.9 Å². The molecule has 2 rings (SSSR count). The van der Waals surface area contributed by atoms with E-state index in [1.165, 1.54) is 19.2 Å². The van der Waals surface area contributed by atoms with E-state index in [9.17, 15) is 18.0 Å². The van der Waals surface area contributed by atoms with Gasteiger partial charge in [0.05, 0.1) is 25.3 Å². The van der Waals surface area contributed by atoms with Gasteiger partial charge < -0.3 is 9.47 Å². The minimum atomic E-state index is -4.14. The van der Waals surface area contributed by atoms with Crippen LogP contribution in [0.2, 0.25) is 0 Å². The minimum absolute atomic E-state index is 0.00172. The van der Waals surface area contributed by atoms with Crippen LogP contribution in [0.1, 0.15) is 20.7 Å². The maximum Gasteiger partial charge on any atom is 0.339 e. The highest BCUT2D eigenvalue weighted by atomic mass is 127. The number of carbonyl (C=O) groups excluding carboxylic acids is 2. The van der Waals surface area contributed by atoms with Crippen molar-refractivity contribution in [1.82, 2.24) is 0 Å². The van der Waals surface area contributed by atoms with Crippen molar-refractivity contribution in [2.24, 2.45) is 0 Å². The number of methoxy groups -OCH3 is 2. The van der Waals surface area contributed by atoms with E-state index in [0.717, 1.165) is 16.7 Å². The van der Waals surface area contributed by atoms with Gasteiger partial charge in [0.1, 0.15) is 4.90 Å². The van der Waals surface area contributed by atoms with E-state index in [2.05, 4.69) is 36.8 Å². The largest absolute Gasteiger partial charge is 0.465 e. The molecule has 0 saturated heterocycles. The Morgan fingerprint density at radius 2 is 1.56 bits per heavy atom. The molecule has 0 amide bonds. The average Bonchev–Trinajstić information content (AvgIpc) is 2.61. The minimum Gasteiger partial charge on any atom is -0.465 e. The molecule has 1 N–H and O–H groups in total. The summed E-state index contributed by atoms with van der Waals surface area (Å²) in [5.41, 5.74) is 0.131. The Labute approximate surface area is 158 Å². The molecule has 9 heteroatoms. The van der Waals surface area contributed by atoms with Gasteiger partial charge in [-0.05, 0) is 65.1 Å². The summed E-state index contributed by atoms with van der Waals surface area (Å²) in [6.07, 6.45) is 0. The summed E-state index contributed by atoms with van der Waals surface area (Å²) in [4.78, 5) is 23.2. The zero-order valence-electron chi connectivity index (χ0n) is 13.3. The molecule has 2 aromatic rings. The first-order chi connectivity index (χ1) is 11.8. The van der Waals surface area contributed by atoms with Crippen LogP contribution in [0.5, 0.6) is 0 Å². The van der Waals surface area contributed by atoms with Crippen LogP contribution in [0.4, 0.5) is 5.69 Å². The number of anilines is 1. The van der Waals surface area contributed by atoms with Gasteiger partial charge in [0.25, 0.3) is 10.0 Å². The first kappa shape index (κ1) is 19.2. The van der Waals surface area contributed by atoms with Gasteiger partial charge in [-0.25, -0.2) is 18.0 Å². The molecule has 0 aliphatic heterocycles. The molecular formula is C16H14INO6S. The number of carbonyl (C=O) groups is 2. The maximum absolute atomic E-state index is 12.7. The number of rotatable bonds is 5. The SMILES string of the molecule is COC(=O)c1ccc(C(=O)OC)c(S(=O)(=O)Nc2ccc(I)cc2)c1. The van der Waals surface area contributed by atoms with Crippen LogP contribution in [0.3, 0.4) is 0 Å². The van der Waals surface area contributed by atoms with Crippen molar-refractivity contribution in [1.29, 1.82) is 0 Å². The quantitative estimate of drug-likeness (QED) is 0.528. The average molecular weight is 475 g/mol. The van der Waals surface area contributed by atoms with Crippen molar-refractivity contribution in [2.45, 2.75) is 4.90 Å². The van der Waals surface area contributed by atoms with Crippen molar-refractivity contribution in [3.8, 4) is 0 Å². The van der Waals surface area contributed by atoms with E-state index in [1.807, 2.05) is 0 Å². The lowest BCUT2D eigenvalue weighted by atomic mass is 10.1. The third-order valence-corrected chi connectivity index (χ3v) is 5.33. The van der Waals surface area contributed by atoms with Gasteiger partial charge in [0.15, 0.2) is 0 Å². The molecule has 0 aliphatic rings. The van der Waals surface area contributed by atoms with Crippen LogP contribution >= 0.6 is 22.6 Å². The molecule has 2 aromatic carbocycles. The van der Waals surface area contributed by atoms with E-state index in [4.69, 9.17) is 0 Å². The summed E-state index contributed by atoms with van der Waals surface area (Å²) >= 11 is 2.09. The zero-order chi connectivity index (χ0) is 18.6. The van der Waals surface area contributed by atoms with Crippen molar-refractivity contribution in [2.75, 3.05) is 18.9 Å². The number of benzene rings is 2. The molecule has 132 valence electrons. The van der Waals surface area contributed by atoms with E-state index < -0.39 is 22.0 Å². The second kappa shape index (κ2) is 7.83. The number of halogens is 1. The van der Waals surface area contributed by atoms with Crippen molar-refractivity contribution in [3.05, 3.63) is 57.2 Å². The highest BCUT2D eigenvalue weighted by molar-refractivity contribution is 14.1.